The molecule has 5 heteroatoms. The molecule has 6 rings (SSSR count). The topological polar surface area (TPSA) is 71.1 Å². The molecule has 1 aliphatic heterocycles. The number of fused-ring (bicyclic) bond motifs is 4. The number of rotatable bonds is 4. The van der Waals surface area contributed by atoms with E-state index in [9.17, 15) is 9.59 Å². The number of aromatic nitrogens is 1. The number of amides is 2. The number of pyridine rings is 1. The van der Waals surface area contributed by atoms with Crippen molar-refractivity contribution in [2.24, 2.45) is 0 Å². The number of hydrogen-bond donors (Lipinski definition) is 2. The Morgan fingerprint density at radius 3 is 2.70 bits per heavy atom. The summed E-state index contributed by atoms with van der Waals surface area (Å²) in [5, 5.41) is 8.44. The van der Waals surface area contributed by atoms with Gasteiger partial charge in [0.1, 0.15) is 5.69 Å². The van der Waals surface area contributed by atoms with E-state index in [0.717, 1.165) is 28.8 Å². The number of nitrogens with zero attached hydrogens (tertiary/aromatic N) is 1. The second-order valence-corrected chi connectivity index (χ2v) is 8.92. The first-order chi connectivity index (χ1) is 16.1. The highest BCUT2D eigenvalue weighted by Gasteiger charge is 2.50. The average molecular weight is 434 g/mol. The van der Waals surface area contributed by atoms with Crippen molar-refractivity contribution in [1.29, 1.82) is 0 Å². The summed E-state index contributed by atoms with van der Waals surface area (Å²) in [5.74, 6) is -0.156. The van der Waals surface area contributed by atoms with E-state index in [1.54, 1.807) is 6.20 Å². The minimum Gasteiger partial charge on any atom is -0.350 e. The van der Waals surface area contributed by atoms with Gasteiger partial charge in [0, 0.05) is 18.4 Å². The summed E-state index contributed by atoms with van der Waals surface area (Å²) >= 11 is 0. The zero-order valence-electron chi connectivity index (χ0n) is 18.1. The number of nitrogens with one attached hydrogen (secondary N) is 2. The van der Waals surface area contributed by atoms with E-state index < -0.39 is 5.41 Å². The minimum atomic E-state index is -0.593. The standard InChI is InChI=1S/C28H23N3O2/c32-26(29-13-12-19-8-5-7-18-6-1-2-9-22(18)19)25-14-20-15-28(16-21(20)17-30-25)23-10-3-4-11-24(23)31-27(28)33/h1-11,14,17H,12-13,15-16H2,(H,29,32)(H,31,33). The van der Waals surface area contributed by atoms with Crippen LogP contribution in [0.5, 0.6) is 0 Å². The SMILES string of the molecule is O=C(NCCc1cccc2ccccc12)c1cc2c(cn1)CC1(C2)C(=O)Nc2ccccc21. The third kappa shape index (κ3) is 3.20. The molecule has 1 unspecified atom stereocenters. The Hall–Kier alpha value is -3.99. The number of para-hydroxylation sites is 1. The number of carbonyl (C=O) groups excluding carboxylic acids is 2. The zero-order valence-corrected chi connectivity index (χ0v) is 18.1. The summed E-state index contributed by atoms with van der Waals surface area (Å²) in [6.45, 7) is 0.533. The maximum atomic E-state index is 12.9. The van der Waals surface area contributed by atoms with Crippen molar-refractivity contribution in [3.8, 4) is 0 Å². The molecule has 1 atom stereocenters. The summed E-state index contributed by atoms with van der Waals surface area (Å²) < 4.78 is 0. The van der Waals surface area contributed by atoms with Gasteiger partial charge in [0.15, 0.2) is 0 Å². The van der Waals surface area contributed by atoms with Crippen molar-refractivity contribution in [2.75, 3.05) is 11.9 Å². The lowest BCUT2D eigenvalue weighted by Gasteiger charge is -2.20. The van der Waals surface area contributed by atoms with Gasteiger partial charge in [-0.3, -0.25) is 14.6 Å². The van der Waals surface area contributed by atoms with Crippen molar-refractivity contribution in [3.05, 3.63) is 107 Å². The minimum absolute atomic E-state index is 0.0287. The van der Waals surface area contributed by atoms with E-state index >= 15 is 0 Å². The molecule has 3 aromatic carbocycles. The van der Waals surface area contributed by atoms with Crippen LogP contribution in [0.3, 0.4) is 0 Å². The van der Waals surface area contributed by atoms with Gasteiger partial charge in [0.05, 0.1) is 5.41 Å². The lowest BCUT2D eigenvalue weighted by Crippen LogP contribution is -2.35. The Balaban J connectivity index is 1.17. The van der Waals surface area contributed by atoms with Gasteiger partial charge in [-0.25, -0.2) is 0 Å². The molecule has 33 heavy (non-hydrogen) atoms. The maximum absolute atomic E-state index is 12.9. The monoisotopic (exact) mass is 433 g/mol. The molecule has 0 bridgehead atoms. The molecule has 2 heterocycles. The van der Waals surface area contributed by atoms with Gasteiger partial charge in [-0.1, -0.05) is 60.7 Å². The molecule has 0 fully saturated rings. The van der Waals surface area contributed by atoms with Crippen LogP contribution in [0.15, 0.2) is 79.0 Å². The van der Waals surface area contributed by atoms with E-state index in [0.29, 0.717) is 25.1 Å². The Bertz CT molecular complexity index is 1420. The number of carbonyl (C=O) groups is 2. The molecule has 0 saturated carbocycles. The van der Waals surface area contributed by atoms with Crippen LogP contribution >= 0.6 is 0 Å². The Labute approximate surface area is 191 Å². The third-order valence-electron chi connectivity index (χ3n) is 6.99. The highest BCUT2D eigenvalue weighted by Crippen LogP contribution is 2.47. The first-order valence-corrected chi connectivity index (χ1v) is 11.3. The van der Waals surface area contributed by atoms with Gasteiger partial charge in [-0.05, 0) is 64.4 Å². The van der Waals surface area contributed by atoms with E-state index in [2.05, 4.69) is 45.9 Å². The van der Waals surface area contributed by atoms with Crippen LogP contribution in [0.2, 0.25) is 0 Å². The van der Waals surface area contributed by atoms with E-state index in [4.69, 9.17) is 0 Å². The second kappa shape index (κ2) is 7.55. The summed E-state index contributed by atoms with van der Waals surface area (Å²) in [6.07, 6.45) is 3.71. The molecule has 1 aliphatic carbocycles. The first-order valence-electron chi connectivity index (χ1n) is 11.3. The molecule has 0 saturated heterocycles. The predicted molar refractivity (Wildman–Crippen MR) is 128 cm³/mol. The van der Waals surface area contributed by atoms with E-state index in [1.165, 1.54) is 16.3 Å². The van der Waals surface area contributed by atoms with Gasteiger partial charge in [0.25, 0.3) is 5.91 Å². The first kappa shape index (κ1) is 19.7. The van der Waals surface area contributed by atoms with Crippen LogP contribution in [0, 0.1) is 0 Å². The maximum Gasteiger partial charge on any atom is 0.269 e. The molecule has 162 valence electrons. The van der Waals surface area contributed by atoms with Crippen molar-refractivity contribution in [2.45, 2.75) is 24.7 Å². The molecule has 1 spiro atoms. The lowest BCUT2D eigenvalue weighted by atomic mass is 9.79. The van der Waals surface area contributed by atoms with E-state index in [1.807, 2.05) is 42.5 Å². The Morgan fingerprint density at radius 1 is 0.970 bits per heavy atom. The number of benzene rings is 3. The van der Waals surface area contributed by atoms with Crippen molar-refractivity contribution >= 4 is 28.3 Å². The number of hydrogen-bond acceptors (Lipinski definition) is 3. The van der Waals surface area contributed by atoms with Gasteiger partial charge in [-0.2, -0.15) is 0 Å². The van der Waals surface area contributed by atoms with Crippen LogP contribution in [0.1, 0.15) is 32.7 Å². The second-order valence-electron chi connectivity index (χ2n) is 8.92. The lowest BCUT2D eigenvalue weighted by molar-refractivity contribution is -0.120. The molecule has 2 amide bonds. The van der Waals surface area contributed by atoms with Gasteiger partial charge in [-0.15, -0.1) is 0 Å². The normalized spacial score (nSPS) is 18.2. The molecule has 1 aromatic heterocycles. The fraction of sp³-hybridized carbons (Fsp3) is 0.179. The van der Waals surface area contributed by atoms with Crippen molar-refractivity contribution in [3.63, 3.8) is 0 Å². The van der Waals surface area contributed by atoms with Gasteiger partial charge < -0.3 is 10.6 Å². The summed E-state index contributed by atoms with van der Waals surface area (Å²) in [7, 11) is 0. The molecular formula is C28H23N3O2. The van der Waals surface area contributed by atoms with Crippen LogP contribution in [-0.2, 0) is 29.5 Å². The Kier molecular flexibility index (Phi) is 4.50. The third-order valence-corrected chi connectivity index (χ3v) is 6.99. The molecule has 4 aromatic rings. The van der Waals surface area contributed by atoms with Crippen LogP contribution in [-0.4, -0.2) is 23.3 Å². The van der Waals surface area contributed by atoms with Crippen LogP contribution in [0.25, 0.3) is 10.8 Å². The smallest absolute Gasteiger partial charge is 0.269 e. The molecule has 2 aliphatic rings. The zero-order chi connectivity index (χ0) is 22.4. The Morgan fingerprint density at radius 2 is 1.76 bits per heavy atom. The van der Waals surface area contributed by atoms with Crippen molar-refractivity contribution in [1.82, 2.24) is 10.3 Å². The highest BCUT2D eigenvalue weighted by molar-refractivity contribution is 6.07. The molecule has 5 nitrogen and oxygen atoms in total. The van der Waals surface area contributed by atoms with Crippen molar-refractivity contribution < 1.29 is 9.59 Å². The highest BCUT2D eigenvalue weighted by atomic mass is 16.2. The summed E-state index contributed by atoms with van der Waals surface area (Å²) in [5.41, 5.74) is 5.00. The van der Waals surface area contributed by atoms with Gasteiger partial charge >= 0.3 is 0 Å². The molecule has 0 radical (unpaired) electrons. The molecule has 2 N–H and O–H groups in total. The quantitative estimate of drug-likeness (QED) is 0.507. The largest absolute Gasteiger partial charge is 0.350 e. The summed E-state index contributed by atoms with van der Waals surface area (Å²) in [6, 6.07) is 24.3. The fourth-order valence-electron chi connectivity index (χ4n) is 5.32. The summed E-state index contributed by atoms with van der Waals surface area (Å²) in [4.78, 5) is 30.1. The van der Waals surface area contributed by atoms with Gasteiger partial charge in [0.2, 0.25) is 5.91 Å². The predicted octanol–water partition coefficient (Wildman–Crippen LogP) is 4.20. The number of anilines is 1. The fourth-order valence-corrected chi connectivity index (χ4v) is 5.32. The van der Waals surface area contributed by atoms with E-state index in [-0.39, 0.29) is 11.8 Å². The van der Waals surface area contributed by atoms with Crippen LogP contribution < -0.4 is 10.6 Å². The average Bonchev–Trinajstić information content (AvgIpc) is 3.36. The van der Waals surface area contributed by atoms with Crippen LogP contribution in [0.4, 0.5) is 5.69 Å². The molecular weight excluding hydrogens is 410 g/mol.